The summed E-state index contributed by atoms with van der Waals surface area (Å²) in [7, 11) is 0. The lowest BCUT2D eigenvalue weighted by atomic mass is 10.0. The predicted octanol–water partition coefficient (Wildman–Crippen LogP) is 1.77. The third-order valence-corrected chi connectivity index (χ3v) is 4.70. The Morgan fingerprint density at radius 3 is 2.88 bits per heavy atom. The first-order chi connectivity index (χ1) is 8.16. The first-order valence-corrected chi connectivity index (χ1v) is 7.29. The lowest BCUT2D eigenvalue weighted by molar-refractivity contribution is 0.0189. The summed E-state index contributed by atoms with van der Waals surface area (Å²) in [4.78, 5) is 2.70. The van der Waals surface area contributed by atoms with Crippen LogP contribution in [0.3, 0.4) is 0 Å². The number of nitrogens with one attached hydrogen (secondary N) is 1. The van der Waals surface area contributed by atoms with Crippen LogP contribution in [0, 0.1) is 0 Å². The Bertz CT molecular complexity index is 271. The third kappa shape index (κ3) is 2.67. The van der Waals surface area contributed by atoms with Crippen molar-refractivity contribution in [3.63, 3.8) is 0 Å². The number of rotatable bonds is 4. The van der Waals surface area contributed by atoms with Crippen molar-refractivity contribution in [3.05, 3.63) is 0 Å². The summed E-state index contributed by atoms with van der Waals surface area (Å²) < 4.78 is 5.84. The molecule has 3 aliphatic rings. The van der Waals surface area contributed by atoms with Crippen LogP contribution in [0.1, 0.15) is 46.0 Å². The van der Waals surface area contributed by atoms with Crippen molar-refractivity contribution in [1.29, 1.82) is 0 Å². The van der Waals surface area contributed by atoms with Gasteiger partial charge < -0.3 is 10.1 Å². The van der Waals surface area contributed by atoms with E-state index in [0.29, 0.717) is 6.04 Å². The zero-order valence-electron chi connectivity index (χ0n) is 11.2. The summed E-state index contributed by atoms with van der Waals surface area (Å²) in [6.45, 7) is 7.87. The molecule has 3 fully saturated rings. The van der Waals surface area contributed by atoms with E-state index in [1.54, 1.807) is 0 Å². The summed E-state index contributed by atoms with van der Waals surface area (Å²) in [5, 5.41) is 3.74. The van der Waals surface area contributed by atoms with E-state index in [4.69, 9.17) is 4.74 Å². The largest absolute Gasteiger partial charge is 0.374 e. The molecule has 1 N–H and O–H groups in total. The molecule has 0 aromatic rings. The lowest BCUT2D eigenvalue weighted by Crippen LogP contribution is -2.43. The SMILES string of the molecule is CC1CC(NCC2(C)CCCO2)CN1C1CC1. The molecular formula is C14H26N2O. The minimum absolute atomic E-state index is 0.107. The molecule has 3 rings (SSSR count). The smallest absolute Gasteiger partial charge is 0.0779 e. The third-order valence-electron chi connectivity index (χ3n) is 4.70. The second-order valence-corrected chi connectivity index (χ2v) is 6.49. The van der Waals surface area contributed by atoms with Gasteiger partial charge in [-0.15, -0.1) is 0 Å². The second kappa shape index (κ2) is 4.52. The molecule has 2 aliphatic heterocycles. The Morgan fingerprint density at radius 2 is 2.24 bits per heavy atom. The van der Waals surface area contributed by atoms with Gasteiger partial charge in [-0.3, -0.25) is 4.90 Å². The molecule has 3 unspecified atom stereocenters. The fourth-order valence-electron chi connectivity index (χ4n) is 3.46. The summed E-state index contributed by atoms with van der Waals surface area (Å²) in [5.74, 6) is 0. The van der Waals surface area contributed by atoms with E-state index in [-0.39, 0.29) is 5.60 Å². The Kier molecular flexibility index (Phi) is 3.18. The van der Waals surface area contributed by atoms with Gasteiger partial charge in [-0.05, 0) is 46.0 Å². The topological polar surface area (TPSA) is 24.5 Å². The molecule has 0 aromatic heterocycles. The summed E-state index contributed by atoms with van der Waals surface area (Å²) in [5.41, 5.74) is 0.107. The van der Waals surface area contributed by atoms with Crippen LogP contribution in [0.5, 0.6) is 0 Å². The fourth-order valence-corrected chi connectivity index (χ4v) is 3.46. The molecule has 1 saturated carbocycles. The van der Waals surface area contributed by atoms with Crippen LogP contribution in [0.25, 0.3) is 0 Å². The van der Waals surface area contributed by atoms with Crippen LogP contribution < -0.4 is 5.32 Å². The lowest BCUT2D eigenvalue weighted by Gasteiger charge is -2.26. The van der Waals surface area contributed by atoms with Crippen molar-refractivity contribution in [2.75, 3.05) is 19.7 Å². The van der Waals surface area contributed by atoms with Crippen LogP contribution in [0.4, 0.5) is 0 Å². The summed E-state index contributed by atoms with van der Waals surface area (Å²) in [6.07, 6.45) is 6.62. The van der Waals surface area contributed by atoms with E-state index >= 15 is 0 Å². The highest BCUT2D eigenvalue weighted by Crippen LogP contribution is 2.33. The average molecular weight is 238 g/mol. The second-order valence-electron chi connectivity index (χ2n) is 6.49. The molecule has 2 heterocycles. The van der Waals surface area contributed by atoms with Gasteiger partial charge in [0.15, 0.2) is 0 Å². The Labute approximate surface area is 105 Å². The first-order valence-electron chi connectivity index (χ1n) is 7.29. The maximum absolute atomic E-state index is 5.84. The molecule has 0 amide bonds. The number of nitrogens with zero attached hydrogens (tertiary/aromatic N) is 1. The number of hydrogen-bond acceptors (Lipinski definition) is 3. The molecule has 3 nitrogen and oxygen atoms in total. The van der Waals surface area contributed by atoms with Gasteiger partial charge in [0.2, 0.25) is 0 Å². The Morgan fingerprint density at radius 1 is 1.41 bits per heavy atom. The van der Waals surface area contributed by atoms with Gasteiger partial charge in [-0.25, -0.2) is 0 Å². The molecule has 3 atom stereocenters. The zero-order valence-corrected chi connectivity index (χ0v) is 11.2. The summed E-state index contributed by atoms with van der Waals surface area (Å²) in [6, 6.07) is 2.37. The maximum atomic E-state index is 5.84. The van der Waals surface area contributed by atoms with Crippen molar-refractivity contribution in [2.45, 2.75) is 69.7 Å². The van der Waals surface area contributed by atoms with Gasteiger partial charge in [-0.2, -0.15) is 0 Å². The molecule has 2 saturated heterocycles. The molecule has 0 spiro atoms. The maximum Gasteiger partial charge on any atom is 0.0779 e. The van der Waals surface area contributed by atoms with Crippen LogP contribution in [-0.2, 0) is 4.74 Å². The van der Waals surface area contributed by atoms with Crippen LogP contribution in [0.15, 0.2) is 0 Å². The Hall–Kier alpha value is -0.120. The molecule has 0 radical (unpaired) electrons. The average Bonchev–Trinajstić information content (AvgIpc) is 2.95. The minimum Gasteiger partial charge on any atom is -0.374 e. The van der Waals surface area contributed by atoms with Crippen LogP contribution in [0.2, 0.25) is 0 Å². The normalized spacial score (nSPS) is 43.4. The molecule has 17 heavy (non-hydrogen) atoms. The predicted molar refractivity (Wildman–Crippen MR) is 69.2 cm³/mol. The molecule has 0 aromatic carbocycles. The highest BCUT2D eigenvalue weighted by Gasteiger charge is 2.39. The van der Waals surface area contributed by atoms with Gasteiger partial charge in [0, 0.05) is 37.8 Å². The minimum atomic E-state index is 0.107. The monoisotopic (exact) mass is 238 g/mol. The highest BCUT2D eigenvalue weighted by atomic mass is 16.5. The summed E-state index contributed by atoms with van der Waals surface area (Å²) >= 11 is 0. The fraction of sp³-hybridized carbons (Fsp3) is 1.00. The first kappa shape index (κ1) is 11.9. The van der Waals surface area contributed by atoms with E-state index in [1.165, 1.54) is 38.6 Å². The number of ether oxygens (including phenoxy) is 1. The molecule has 0 bridgehead atoms. The van der Waals surface area contributed by atoms with Gasteiger partial charge >= 0.3 is 0 Å². The standard InChI is InChI=1S/C14H26N2O/c1-11-8-12(9-16(11)13-4-5-13)15-10-14(2)6-3-7-17-14/h11-13,15H,3-10H2,1-2H3. The van der Waals surface area contributed by atoms with E-state index in [9.17, 15) is 0 Å². The van der Waals surface area contributed by atoms with Crippen LogP contribution >= 0.6 is 0 Å². The van der Waals surface area contributed by atoms with E-state index in [0.717, 1.165) is 25.2 Å². The molecule has 3 heteroatoms. The zero-order chi connectivity index (χ0) is 11.9. The van der Waals surface area contributed by atoms with Crippen molar-refractivity contribution < 1.29 is 4.74 Å². The van der Waals surface area contributed by atoms with Gasteiger partial charge in [-0.1, -0.05) is 0 Å². The van der Waals surface area contributed by atoms with E-state index in [1.807, 2.05) is 0 Å². The van der Waals surface area contributed by atoms with E-state index < -0.39 is 0 Å². The molecule has 1 aliphatic carbocycles. The van der Waals surface area contributed by atoms with Crippen molar-refractivity contribution in [3.8, 4) is 0 Å². The molecular weight excluding hydrogens is 212 g/mol. The number of hydrogen-bond donors (Lipinski definition) is 1. The van der Waals surface area contributed by atoms with E-state index in [2.05, 4.69) is 24.1 Å². The van der Waals surface area contributed by atoms with Crippen molar-refractivity contribution in [1.82, 2.24) is 10.2 Å². The number of likely N-dealkylation sites (tertiary alicyclic amines) is 1. The van der Waals surface area contributed by atoms with Crippen LogP contribution in [-0.4, -0.2) is 48.3 Å². The van der Waals surface area contributed by atoms with Crippen molar-refractivity contribution >= 4 is 0 Å². The van der Waals surface area contributed by atoms with Gasteiger partial charge in [0.05, 0.1) is 5.60 Å². The van der Waals surface area contributed by atoms with Gasteiger partial charge in [0.1, 0.15) is 0 Å². The molecule has 98 valence electrons. The Balaban J connectivity index is 1.46. The van der Waals surface area contributed by atoms with Crippen molar-refractivity contribution in [2.24, 2.45) is 0 Å². The highest BCUT2D eigenvalue weighted by molar-refractivity contribution is 4.97. The quantitative estimate of drug-likeness (QED) is 0.808. The van der Waals surface area contributed by atoms with Gasteiger partial charge in [0.25, 0.3) is 0 Å².